The summed E-state index contributed by atoms with van der Waals surface area (Å²) in [4.78, 5) is 4.45. The lowest BCUT2D eigenvalue weighted by Crippen LogP contribution is -2.39. The van der Waals surface area contributed by atoms with Crippen molar-refractivity contribution in [1.82, 2.24) is 20.4 Å². The molecule has 0 saturated carbocycles. The van der Waals surface area contributed by atoms with Gasteiger partial charge in [-0.05, 0) is 37.6 Å². The van der Waals surface area contributed by atoms with E-state index in [9.17, 15) is 13.2 Å². The van der Waals surface area contributed by atoms with Gasteiger partial charge in [-0.25, -0.2) is 0 Å². The van der Waals surface area contributed by atoms with Crippen LogP contribution in [0.1, 0.15) is 18.9 Å². The standard InChI is InChI=1S/C18H24F3N5O/c1-2-22-17(23-8-4-11-26-12-5-9-25-26)24-10-13-27-16-7-3-6-15(14-16)18(19,20)21/h3,5-7,9,12,14H,2,4,8,10-11,13H2,1H3,(H2,22,23,24). The first-order valence-electron chi connectivity index (χ1n) is 8.78. The van der Waals surface area contributed by atoms with Crippen LogP contribution < -0.4 is 15.4 Å². The highest BCUT2D eigenvalue weighted by Crippen LogP contribution is 2.31. The van der Waals surface area contributed by atoms with Crippen molar-refractivity contribution >= 4 is 5.96 Å². The van der Waals surface area contributed by atoms with E-state index < -0.39 is 11.7 Å². The Labute approximate surface area is 156 Å². The number of nitrogens with zero attached hydrogens (tertiary/aromatic N) is 3. The van der Waals surface area contributed by atoms with E-state index >= 15 is 0 Å². The number of guanidine groups is 1. The molecule has 27 heavy (non-hydrogen) atoms. The Morgan fingerprint density at radius 3 is 2.81 bits per heavy atom. The summed E-state index contributed by atoms with van der Waals surface area (Å²) in [7, 11) is 0. The summed E-state index contributed by atoms with van der Waals surface area (Å²) >= 11 is 0. The van der Waals surface area contributed by atoms with E-state index in [0.29, 0.717) is 25.6 Å². The van der Waals surface area contributed by atoms with Gasteiger partial charge in [-0.2, -0.15) is 18.3 Å². The summed E-state index contributed by atoms with van der Waals surface area (Å²) in [6.07, 6.45) is 0.106. The molecule has 0 aliphatic rings. The van der Waals surface area contributed by atoms with Crippen molar-refractivity contribution in [1.29, 1.82) is 0 Å². The number of aromatic nitrogens is 2. The fourth-order valence-electron chi connectivity index (χ4n) is 2.30. The Bertz CT molecular complexity index is 701. The van der Waals surface area contributed by atoms with Crippen molar-refractivity contribution in [3.8, 4) is 5.75 Å². The quantitative estimate of drug-likeness (QED) is 0.397. The maximum Gasteiger partial charge on any atom is 0.416 e. The van der Waals surface area contributed by atoms with Gasteiger partial charge in [-0.15, -0.1) is 0 Å². The molecule has 0 amide bonds. The number of alkyl halides is 3. The molecule has 0 aliphatic heterocycles. The molecular formula is C18H24F3N5O. The van der Waals surface area contributed by atoms with E-state index in [-0.39, 0.29) is 12.4 Å². The Kier molecular flexibility index (Phi) is 7.97. The van der Waals surface area contributed by atoms with Crippen LogP contribution in [0.4, 0.5) is 13.2 Å². The molecule has 148 valence electrons. The van der Waals surface area contributed by atoms with E-state index in [4.69, 9.17) is 4.74 Å². The third kappa shape index (κ3) is 7.59. The number of halogens is 3. The first kappa shape index (κ1) is 20.6. The van der Waals surface area contributed by atoms with Crippen molar-refractivity contribution in [2.45, 2.75) is 26.1 Å². The van der Waals surface area contributed by atoms with Crippen LogP contribution in [0.3, 0.4) is 0 Å². The molecule has 2 N–H and O–H groups in total. The molecule has 2 aromatic rings. The molecular weight excluding hydrogens is 359 g/mol. The molecule has 0 atom stereocenters. The molecule has 0 spiro atoms. The van der Waals surface area contributed by atoms with Gasteiger partial charge in [0.15, 0.2) is 5.96 Å². The monoisotopic (exact) mass is 383 g/mol. The van der Waals surface area contributed by atoms with Crippen molar-refractivity contribution in [3.05, 3.63) is 48.3 Å². The molecule has 0 aliphatic carbocycles. The molecule has 1 aromatic carbocycles. The number of aliphatic imine (C=N–C) groups is 1. The molecule has 0 bridgehead atoms. The van der Waals surface area contributed by atoms with Crippen LogP contribution in [0.15, 0.2) is 47.7 Å². The van der Waals surface area contributed by atoms with Gasteiger partial charge in [0.2, 0.25) is 0 Å². The zero-order valence-electron chi connectivity index (χ0n) is 15.2. The summed E-state index contributed by atoms with van der Waals surface area (Å²) in [5, 5.41) is 10.3. The van der Waals surface area contributed by atoms with Crippen molar-refractivity contribution in [3.63, 3.8) is 0 Å². The van der Waals surface area contributed by atoms with Gasteiger partial charge in [-0.1, -0.05) is 6.07 Å². The minimum atomic E-state index is -4.38. The normalized spacial score (nSPS) is 12.1. The summed E-state index contributed by atoms with van der Waals surface area (Å²) in [6, 6.07) is 6.72. The van der Waals surface area contributed by atoms with E-state index in [1.807, 2.05) is 23.9 Å². The van der Waals surface area contributed by atoms with Crippen LogP contribution in [0.2, 0.25) is 0 Å². The van der Waals surface area contributed by atoms with Gasteiger partial charge in [0.25, 0.3) is 0 Å². The lowest BCUT2D eigenvalue weighted by atomic mass is 10.2. The van der Waals surface area contributed by atoms with Crippen LogP contribution >= 0.6 is 0 Å². The van der Waals surface area contributed by atoms with Crippen molar-refractivity contribution in [2.75, 3.05) is 26.2 Å². The Hall–Kier alpha value is -2.71. The first-order chi connectivity index (χ1) is 13.0. The highest BCUT2D eigenvalue weighted by Gasteiger charge is 2.30. The van der Waals surface area contributed by atoms with Crippen LogP contribution in [-0.2, 0) is 12.7 Å². The molecule has 9 heteroatoms. The van der Waals surface area contributed by atoms with Gasteiger partial charge in [0.05, 0.1) is 12.1 Å². The van der Waals surface area contributed by atoms with E-state index in [1.165, 1.54) is 12.1 Å². The molecule has 0 unspecified atom stereocenters. The fraction of sp³-hybridized carbons (Fsp3) is 0.444. The van der Waals surface area contributed by atoms with E-state index in [0.717, 1.165) is 25.1 Å². The van der Waals surface area contributed by atoms with Crippen LogP contribution in [0.25, 0.3) is 0 Å². The van der Waals surface area contributed by atoms with Gasteiger partial charge in [0, 0.05) is 32.0 Å². The molecule has 0 radical (unpaired) electrons. The number of rotatable bonds is 9. The second kappa shape index (κ2) is 10.4. The minimum Gasteiger partial charge on any atom is -0.492 e. The second-order valence-corrected chi connectivity index (χ2v) is 5.68. The van der Waals surface area contributed by atoms with E-state index in [2.05, 4.69) is 20.7 Å². The predicted molar refractivity (Wildman–Crippen MR) is 97.8 cm³/mol. The maximum absolute atomic E-state index is 12.7. The Morgan fingerprint density at radius 1 is 1.26 bits per heavy atom. The predicted octanol–water partition coefficient (Wildman–Crippen LogP) is 2.93. The highest BCUT2D eigenvalue weighted by atomic mass is 19.4. The fourth-order valence-corrected chi connectivity index (χ4v) is 2.30. The number of ether oxygens (including phenoxy) is 1. The number of hydrogen-bond acceptors (Lipinski definition) is 3. The van der Waals surface area contributed by atoms with Gasteiger partial charge >= 0.3 is 6.18 Å². The topological polar surface area (TPSA) is 63.5 Å². The third-order valence-electron chi connectivity index (χ3n) is 3.54. The lowest BCUT2D eigenvalue weighted by Gasteiger charge is -2.13. The summed E-state index contributed by atoms with van der Waals surface area (Å²) in [5.74, 6) is 0.832. The highest BCUT2D eigenvalue weighted by molar-refractivity contribution is 5.79. The lowest BCUT2D eigenvalue weighted by molar-refractivity contribution is -0.137. The van der Waals surface area contributed by atoms with Crippen LogP contribution in [0, 0.1) is 0 Å². The van der Waals surface area contributed by atoms with Crippen molar-refractivity contribution in [2.24, 2.45) is 4.99 Å². The number of nitrogens with one attached hydrogen (secondary N) is 2. The smallest absolute Gasteiger partial charge is 0.416 e. The van der Waals surface area contributed by atoms with Gasteiger partial charge < -0.3 is 15.4 Å². The second-order valence-electron chi connectivity index (χ2n) is 5.68. The van der Waals surface area contributed by atoms with Gasteiger partial charge in [0.1, 0.15) is 12.4 Å². The Morgan fingerprint density at radius 2 is 2.11 bits per heavy atom. The van der Waals surface area contributed by atoms with Crippen molar-refractivity contribution < 1.29 is 17.9 Å². The average molecular weight is 383 g/mol. The number of benzene rings is 1. The summed E-state index contributed by atoms with van der Waals surface area (Å²) < 4.78 is 45.3. The molecule has 2 rings (SSSR count). The SMILES string of the molecule is CCNC(=NCCCn1cccn1)NCCOc1cccc(C(F)(F)F)c1. The number of hydrogen-bond donors (Lipinski definition) is 2. The van der Waals surface area contributed by atoms with Crippen LogP contribution in [0.5, 0.6) is 5.75 Å². The third-order valence-corrected chi connectivity index (χ3v) is 3.54. The molecule has 1 aromatic heterocycles. The zero-order valence-corrected chi connectivity index (χ0v) is 15.2. The Balaban J connectivity index is 1.73. The number of aryl methyl sites for hydroxylation is 1. The summed E-state index contributed by atoms with van der Waals surface area (Å²) in [5.41, 5.74) is -0.722. The molecule has 0 saturated heterocycles. The molecule has 6 nitrogen and oxygen atoms in total. The largest absolute Gasteiger partial charge is 0.492 e. The van der Waals surface area contributed by atoms with Gasteiger partial charge in [-0.3, -0.25) is 9.67 Å². The molecule has 1 heterocycles. The zero-order chi connectivity index (χ0) is 19.5. The first-order valence-corrected chi connectivity index (χ1v) is 8.78. The van der Waals surface area contributed by atoms with E-state index in [1.54, 1.807) is 6.20 Å². The summed E-state index contributed by atoms with van der Waals surface area (Å²) in [6.45, 7) is 4.72. The minimum absolute atomic E-state index is 0.188. The maximum atomic E-state index is 12.7. The average Bonchev–Trinajstić information content (AvgIpc) is 3.15. The van der Waals surface area contributed by atoms with Crippen LogP contribution in [-0.4, -0.2) is 42.0 Å². The molecule has 0 fully saturated rings.